The Kier molecular flexibility index (Phi) is 5.02. The summed E-state index contributed by atoms with van der Waals surface area (Å²) in [6.45, 7) is 3.68. The molecular weight excluding hydrogens is 323 g/mol. The Hall–Kier alpha value is -1.10. The Morgan fingerprint density at radius 3 is 2.70 bits per heavy atom. The van der Waals surface area contributed by atoms with Crippen molar-refractivity contribution in [3.05, 3.63) is 28.0 Å². The molecule has 0 heterocycles. The average Bonchev–Trinajstić information content (AvgIpc) is 2.88. The highest BCUT2D eigenvalue weighted by Gasteiger charge is 2.21. The Bertz CT molecular complexity index is 501. The molecule has 0 spiro atoms. The van der Waals surface area contributed by atoms with Gasteiger partial charge in [0.2, 0.25) is 5.91 Å². The van der Waals surface area contributed by atoms with E-state index < -0.39 is 0 Å². The second-order valence-electron chi connectivity index (χ2n) is 5.44. The van der Waals surface area contributed by atoms with Gasteiger partial charge in [0.1, 0.15) is 11.9 Å². The number of anilines is 1. The molecule has 1 fully saturated rings. The summed E-state index contributed by atoms with van der Waals surface area (Å²) in [4.78, 5) is 12.1. The Morgan fingerprint density at radius 1 is 1.40 bits per heavy atom. The quantitative estimate of drug-likeness (QED) is 0.874. The van der Waals surface area contributed by atoms with Crippen LogP contribution in [0.25, 0.3) is 0 Å². The van der Waals surface area contributed by atoms with Crippen LogP contribution in [0, 0.1) is 12.7 Å². The number of hydrogen-bond donors (Lipinski definition) is 2. The van der Waals surface area contributed by atoms with Crippen molar-refractivity contribution in [1.82, 2.24) is 5.32 Å². The molecule has 2 rings (SSSR count). The van der Waals surface area contributed by atoms with Crippen LogP contribution in [0.15, 0.2) is 16.6 Å². The van der Waals surface area contributed by atoms with E-state index in [0.717, 1.165) is 18.4 Å². The number of benzene rings is 1. The number of halogens is 2. The fraction of sp³-hybridized carbons (Fsp3) is 0.533. The summed E-state index contributed by atoms with van der Waals surface area (Å²) in [6.07, 6.45) is 4.49. The molecule has 1 aromatic rings. The number of carbonyl (C=O) groups excluding carboxylic acids is 1. The predicted molar refractivity (Wildman–Crippen MR) is 82.3 cm³/mol. The highest BCUT2D eigenvalue weighted by atomic mass is 79.9. The maximum Gasteiger partial charge on any atom is 0.242 e. The summed E-state index contributed by atoms with van der Waals surface area (Å²) in [5.74, 6) is -0.360. The monoisotopic (exact) mass is 342 g/mol. The van der Waals surface area contributed by atoms with Crippen LogP contribution in [0.3, 0.4) is 0 Å². The Balaban J connectivity index is 1.98. The van der Waals surface area contributed by atoms with Crippen LogP contribution >= 0.6 is 15.9 Å². The van der Waals surface area contributed by atoms with Crippen LogP contribution in [-0.4, -0.2) is 18.0 Å². The number of nitrogens with one attached hydrogen (secondary N) is 2. The first kappa shape index (κ1) is 15.3. The van der Waals surface area contributed by atoms with Crippen LogP contribution in [0.1, 0.15) is 38.2 Å². The van der Waals surface area contributed by atoms with E-state index in [2.05, 4.69) is 26.6 Å². The van der Waals surface area contributed by atoms with Crippen molar-refractivity contribution in [3.8, 4) is 0 Å². The summed E-state index contributed by atoms with van der Waals surface area (Å²) in [7, 11) is 0. The largest absolute Gasteiger partial charge is 0.374 e. The lowest BCUT2D eigenvalue weighted by Crippen LogP contribution is -2.42. The summed E-state index contributed by atoms with van der Waals surface area (Å²) in [5, 5.41) is 6.12. The van der Waals surface area contributed by atoms with E-state index in [1.165, 1.54) is 18.9 Å². The first-order chi connectivity index (χ1) is 9.47. The van der Waals surface area contributed by atoms with Crippen LogP contribution in [0.2, 0.25) is 0 Å². The number of carbonyl (C=O) groups is 1. The molecular formula is C15H20BrFN2O. The van der Waals surface area contributed by atoms with E-state index in [9.17, 15) is 9.18 Å². The van der Waals surface area contributed by atoms with Gasteiger partial charge < -0.3 is 10.6 Å². The smallest absolute Gasteiger partial charge is 0.242 e. The normalized spacial score (nSPS) is 17.0. The zero-order chi connectivity index (χ0) is 14.7. The topological polar surface area (TPSA) is 41.1 Å². The molecule has 5 heteroatoms. The van der Waals surface area contributed by atoms with Crippen molar-refractivity contribution in [2.75, 3.05) is 5.32 Å². The van der Waals surface area contributed by atoms with Crippen LogP contribution in [-0.2, 0) is 4.79 Å². The van der Waals surface area contributed by atoms with E-state index >= 15 is 0 Å². The lowest BCUT2D eigenvalue weighted by atomic mass is 10.1. The lowest BCUT2D eigenvalue weighted by Gasteiger charge is -2.20. The number of aryl methyl sites for hydroxylation is 1. The second kappa shape index (κ2) is 6.57. The van der Waals surface area contributed by atoms with E-state index in [-0.39, 0.29) is 17.8 Å². The lowest BCUT2D eigenvalue weighted by molar-refractivity contribution is -0.122. The number of hydrogen-bond acceptors (Lipinski definition) is 2. The first-order valence-corrected chi connectivity index (χ1v) is 7.79. The van der Waals surface area contributed by atoms with Crippen LogP contribution in [0.4, 0.5) is 10.1 Å². The summed E-state index contributed by atoms with van der Waals surface area (Å²) in [6, 6.07) is 3.04. The van der Waals surface area contributed by atoms with E-state index in [4.69, 9.17) is 0 Å². The molecule has 2 N–H and O–H groups in total. The molecule has 1 unspecified atom stereocenters. The van der Waals surface area contributed by atoms with Gasteiger partial charge in [-0.1, -0.05) is 12.8 Å². The highest BCUT2D eigenvalue weighted by molar-refractivity contribution is 9.10. The summed E-state index contributed by atoms with van der Waals surface area (Å²) < 4.78 is 14.0. The minimum atomic E-state index is -0.380. The maximum atomic E-state index is 13.6. The maximum absolute atomic E-state index is 13.6. The molecule has 1 aromatic carbocycles. The van der Waals surface area contributed by atoms with E-state index in [0.29, 0.717) is 16.2 Å². The summed E-state index contributed by atoms with van der Waals surface area (Å²) >= 11 is 3.15. The molecule has 0 bridgehead atoms. The minimum absolute atomic E-state index is 0.0281. The van der Waals surface area contributed by atoms with Crippen molar-refractivity contribution in [2.24, 2.45) is 0 Å². The number of rotatable bonds is 4. The van der Waals surface area contributed by atoms with Gasteiger partial charge in [0.25, 0.3) is 0 Å². The van der Waals surface area contributed by atoms with Crippen molar-refractivity contribution in [3.63, 3.8) is 0 Å². The molecule has 1 atom stereocenters. The zero-order valence-corrected chi connectivity index (χ0v) is 13.4. The van der Waals surface area contributed by atoms with Gasteiger partial charge >= 0.3 is 0 Å². The molecule has 0 radical (unpaired) electrons. The third-order valence-electron chi connectivity index (χ3n) is 3.73. The van der Waals surface area contributed by atoms with Gasteiger partial charge in [-0.3, -0.25) is 4.79 Å². The van der Waals surface area contributed by atoms with Gasteiger partial charge in [0, 0.05) is 11.7 Å². The third kappa shape index (κ3) is 3.72. The molecule has 1 aliphatic carbocycles. The van der Waals surface area contributed by atoms with Crippen molar-refractivity contribution in [2.45, 2.75) is 51.6 Å². The third-order valence-corrected chi connectivity index (χ3v) is 4.34. The standard InChI is InChI=1S/C15H20BrFN2O/c1-9-7-12(16)13(17)8-14(9)18-10(2)15(20)19-11-5-3-4-6-11/h7-8,10-11,18H,3-6H2,1-2H3,(H,19,20). The van der Waals surface area contributed by atoms with Crippen LogP contribution < -0.4 is 10.6 Å². The average molecular weight is 343 g/mol. The van der Waals surface area contributed by atoms with Gasteiger partial charge in [-0.2, -0.15) is 0 Å². The highest BCUT2D eigenvalue weighted by Crippen LogP contribution is 2.24. The van der Waals surface area contributed by atoms with Crippen molar-refractivity contribution < 1.29 is 9.18 Å². The SMILES string of the molecule is Cc1cc(Br)c(F)cc1NC(C)C(=O)NC1CCCC1. The zero-order valence-electron chi connectivity index (χ0n) is 11.8. The molecule has 1 amide bonds. The van der Waals surface area contributed by atoms with Crippen molar-refractivity contribution in [1.29, 1.82) is 0 Å². The van der Waals surface area contributed by atoms with Gasteiger partial charge in [-0.05, 0) is 60.3 Å². The molecule has 1 saturated carbocycles. The minimum Gasteiger partial charge on any atom is -0.374 e. The Labute approximate surface area is 127 Å². The van der Waals surface area contributed by atoms with Crippen molar-refractivity contribution >= 4 is 27.5 Å². The summed E-state index contributed by atoms with van der Waals surface area (Å²) in [5.41, 5.74) is 1.55. The molecule has 1 aliphatic rings. The molecule has 0 aliphatic heterocycles. The second-order valence-corrected chi connectivity index (χ2v) is 6.29. The number of amides is 1. The fourth-order valence-electron chi connectivity index (χ4n) is 2.50. The Morgan fingerprint density at radius 2 is 2.05 bits per heavy atom. The molecule has 20 heavy (non-hydrogen) atoms. The fourth-order valence-corrected chi connectivity index (χ4v) is 2.95. The van der Waals surface area contributed by atoms with E-state index in [1.54, 1.807) is 13.0 Å². The van der Waals surface area contributed by atoms with E-state index in [1.807, 2.05) is 6.92 Å². The van der Waals surface area contributed by atoms with Gasteiger partial charge in [0.05, 0.1) is 4.47 Å². The predicted octanol–water partition coefficient (Wildman–Crippen LogP) is 3.76. The van der Waals surface area contributed by atoms with Gasteiger partial charge in [-0.25, -0.2) is 4.39 Å². The molecule has 0 aromatic heterocycles. The molecule has 0 saturated heterocycles. The first-order valence-electron chi connectivity index (χ1n) is 7.00. The molecule has 3 nitrogen and oxygen atoms in total. The molecule has 110 valence electrons. The van der Waals surface area contributed by atoms with Gasteiger partial charge in [-0.15, -0.1) is 0 Å². The van der Waals surface area contributed by atoms with Crippen LogP contribution in [0.5, 0.6) is 0 Å². The van der Waals surface area contributed by atoms with Gasteiger partial charge in [0.15, 0.2) is 0 Å².